The largest absolute Gasteiger partial charge is 0.127 e. The minimum absolute atomic E-state index is 0.227. The lowest BCUT2D eigenvalue weighted by Crippen LogP contribution is -2.22. The topological polar surface area (TPSA) is 0 Å². The number of hydrogen-bond donors (Lipinski definition) is 0. The van der Waals surface area contributed by atoms with Gasteiger partial charge in [0, 0.05) is 5.88 Å². The monoisotopic (exact) mass is 223 g/mol. The number of hydrogen-bond acceptors (Lipinski definition) is 0. The molecule has 0 fully saturated rings. The summed E-state index contributed by atoms with van der Waals surface area (Å²) in [6.07, 6.45) is 1.96. The highest BCUT2D eigenvalue weighted by Crippen LogP contribution is 2.40. The molecule has 1 aromatic carbocycles. The number of benzene rings is 1. The number of alkyl halides is 1. The van der Waals surface area contributed by atoms with Gasteiger partial charge in [0.05, 0.1) is 0 Å². The van der Waals surface area contributed by atoms with Gasteiger partial charge < -0.3 is 0 Å². The van der Waals surface area contributed by atoms with Gasteiger partial charge in [0.25, 0.3) is 0 Å². The molecular formula is C14H20Cl. The van der Waals surface area contributed by atoms with E-state index in [-0.39, 0.29) is 5.41 Å². The first-order valence-corrected chi connectivity index (χ1v) is 6.05. The fourth-order valence-electron chi connectivity index (χ4n) is 2.11. The van der Waals surface area contributed by atoms with Crippen LogP contribution in [-0.4, -0.2) is 5.88 Å². The fourth-order valence-corrected chi connectivity index (χ4v) is 2.60. The van der Waals surface area contributed by atoms with E-state index in [1.807, 2.05) is 0 Å². The molecule has 0 nitrogen and oxygen atoms in total. The predicted molar refractivity (Wildman–Crippen MR) is 68.3 cm³/mol. The first-order valence-electron chi connectivity index (χ1n) is 5.52. The Morgan fingerprint density at radius 3 is 2.33 bits per heavy atom. The molecular weight excluding hydrogens is 204 g/mol. The lowest BCUT2D eigenvalue weighted by Gasteiger charge is -2.33. The van der Waals surface area contributed by atoms with Gasteiger partial charge in [-0.05, 0) is 29.7 Å². The SMILES string of the molecule is [CH2]CC(c1ccccc1)C(C)(C)CCCl. The van der Waals surface area contributed by atoms with Crippen LogP contribution in [-0.2, 0) is 0 Å². The second-order valence-corrected chi connectivity index (χ2v) is 5.06. The van der Waals surface area contributed by atoms with Gasteiger partial charge in [-0.3, -0.25) is 0 Å². The Morgan fingerprint density at radius 1 is 1.27 bits per heavy atom. The average molecular weight is 224 g/mol. The van der Waals surface area contributed by atoms with E-state index < -0.39 is 0 Å². The van der Waals surface area contributed by atoms with Crippen molar-refractivity contribution < 1.29 is 0 Å². The van der Waals surface area contributed by atoms with Gasteiger partial charge in [-0.2, -0.15) is 0 Å². The minimum atomic E-state index is 0.227. The van der Waals surface area contributed by atoms with Crippen LogP contribution in [0.1, 0.15) is 38.2 Å². The van der Waals surface area contributed by atoms with Crippen LogP contribution >= 0.6 is 11.6 Å². The molecule has 0 N–H and O–H groups in total. The van der Waals surface area contributed by atoms with E-state index in [1.54, 1.807) is 0 Å². The van der Waals surface area contributed by atoms with Crippen LogP contribution in [0.3, 0.4) is 0 Å². The van der Waals surface area contributed by atoms with Crippen molar-refractivity contribution in [1.29, 1.82) is 0 Å². The summed E-state index contributed by atoms with van der Waals surface area (Å²) in [6, 6.07) is 10.6. The van der Waals surface area contributed by atoms with Crippen LogP contribution in [0.15, 0.2) is 30.3 Å². The van der Waals surface area contributed by atoms with E-state index in [9.17, 15) is 0 Å². The van der Waals surface area contributed by atoms with Crippen LogP contribution in [0.5, 0.6) is 0 Å². The van der Waals surface area contributed by atoms with E-state index in [0.29, 0.717) is 5.92 Å². The van der Waals surface area contributed by atoms with Crippen molar-refractivity contribution in [3.63, 3.8) is 0 Å². The molecule has 0 spiro atoms. The zero-order valence-electron chi connectivity index (χ0n) is 9.67. The quantitative estimate of drug-likeness (QED) is 0.638. The summed E-state index contributed by atoms with van der Waals surface area (Å²) >= 11 is 5.85. The van der Waals surface area contributed by atoms with Crippen LogP contribution < -0.4 is 0 Å². The second kappa shape index (κ2) is 5.55. The zero-order valence-corrected chi connectivity index (χ0v) is 10.4. The molecule has 0 saturated heterocycles. The van der Waals surface area contributed by atoms with E-state index >= 15 is 0 Å². The zero-order chi connectivity index (χ0) is 11.3. The molecule has 1 heteroatoms. The molecule has 0 bridgehead atoms. The molecule has 15 heavy (non-hydrogen) atoms. The Bertz CT molecular complexity index is 277. The molecule has 1 rings (SSSR count). The number of rotatable bonds is 5. The van der Waals surface area contributed by atoms with Crippen molar-refractivity contribution in [2.75, 3.05) is 5.88 Å². The summed E-state index contributed by atoms with van der Waals surface area (Å²) in [4.78, 5) is 0. The van der Waals surface area contributed by atoms with Gasteiger partial charge >= 0.3 is 0 Å². The highest BCUT2D eigenvalue weighted by Gasteiger charge is 2.28. The first kappa shape index (κ1) is 12.6. The Balaban J connectivity index is 2.89. The van der Waals surface area contributed by atoms with Gasteiger partial charge in [-0.15, -0.1) is 11.6 Å². The van der Waals surface area contributed by atoms with Gasteiger partial charge in [0.2, 0.25) is 0 Å². The molecule has 1 radical (unpaired) electrons. The van der Waals surface area contributed by atoms with Crippen LogP contribution in [0.2, 0.25) is 0 Å². The lowest BCUT2D eigenvalue weighted by molar-refractivity contribution is 0.275. The molecule has 1 aromatic rings. The van der Waals surface area contributed by atoms with Crippen molar-refractivity contribution >= 4 is 11.6 Å². The summed E-state index contributed by atoms with van der Waals surface area (Å²) in [5.41, 5.74) is 1.60. The Morgan fingerprint density at radius 2 is 1.87 bits per heavy atom. The van der Waals surface area contributed by atoms with Crippen molar-refractivity contribution in [2.24, 2.45) is 5.41 Å². The van der Waals surface area contributed by atoms with Crippen LogP contribution in [0.4, 0.5) is 0 Å². The standard InChI is InChI=1S/C14H20Cl/c1-4-13(14(2,3)10-11-15)12-8-6-5-7-9-12/h5-9,13H,1,4,10-11H2,2-3H3. The molecule has 83 valence electrons. The molecule has 0 aromatic heterocycles. The van der Waals surface area contributed by atoms with Crippen molar-refractivity contribution in [3.05, 3.63) is 42.8 Å². The molecule has 0 aliphatic rings. The number of halogens is 1. The first-order chi connectivity index (χ1) is 7.11. The molecule has 1 unspecified atom stereocenters. The van der Waals surface area contributed by atoms with Crippen LogP contribution in [0.25, 0.3) is 0 Å². The summed E-state index contributed by atoms with van der Waals surface area (Å²) in [7, 11) is 0. The molecule has 0 aliphatic carbocycles. The van der Waals surface area contributed by atoms with Crippen molar-refractivity contribution in [3.8, 4) is 0 Å². The maximum atomic E-state index is 5.85. The third-order valence-corrected chi connectivity index (χ3v) is 3.36. The van der Waals surface area contributed by atoms with E-state index in [1.165, 1.54) is 5.56 Å². The van der Waals surface area contributed by atoms with Gasteiger partial charge in [-0.25, -0.2) is 0 Å². The summed E-state index contributed by atoms with van der Waals surface area (Å²) < 4.78 is 0. The van der Waals surface area contributed by atoms with E-state index in [0.717, 1.165) is 18.7 Å². The second-order valence-electron chi connectivity index (χ2n) is 4.68. The average Bonchev–Trinajstić information content (AvgIpc) is 2.19. The summed E-state index contributed by atoms with van der Waals surface area (Å²) in [5.74, 6) is 1.22. The van der Waals surface area contributed by atoms with Gasteiger partial charge in [0.1, 0.15) is 0 Å². The highest BCUT2D eigenvalue weighted by atomic mass is 35.5. The molecule has 0 amide bonds. The third kappa shape index (κ3) is 3.24. The maximum Gasteiger partial charge on any atom is 0.0228 e. The maximum absolute atomic E-state index is 5.85. The summed E-state index contributed by atoms with van der Waals surface area (Å²) in [6.45, 7) is 8.62. The Labute approximate surface area is 98.7 Å². The van der Waals surface area contributed by atoms with Crippen molar-refractivity contribution in [2.45, 2.75) is 32.6 Å². The minimum Gasteiger partial charge on any atom is -0.127 e. The molecule has 0 aliphatic heterocycles. The third-order valence-electron chi connectivity index (χ3n) is 3.17. The fraction of sp³-hybridized carbons (Fsp3) is 0.500. The van der Waals surface area contributed by atoms with E-state index in [4.69, 9.17) is 11.6 Å². The predicted octanol–water partition coefficient (Wildman–Crippen LogP) is 4.65. The van der Waals surface area contributed by atoms with Gasteiger partial charge in [-0.1, -0.05) is 51.1 Å². The molecule has 1 atom stereocenters. The summed E-state index contributed by atoms with van der Waals surface area (Å²) in [5, 5.41) is 0. The highest BCUT2D eigenvalue weighted by molar-refractivity contribution is 6.17. The van der Waals surface area contributed by atoms with Crippen LogP contribution in [0, 0.1) is 12.3 Å². The Kier molecular flexibility index (Phi) is 4.66. The van der Waals surface area contributed by atoms with Crippen molar-refractivity contribution in [1.82, 2.24) is 0 Å². The van der Waals surface area contributed by atoms with Gasteiger partial charge in [0.15, 0.2) is 0 Å². The molecule has 0 heterocycles. The Hall–Kier alpha value is -0.490. The smallest absolute Gasteiger partial charge is 0.0228 e. The lowest BCUT2D eigenvalue weighted by atomic mass is 9.72. The molecule has 0 saturated carbocycles. The van der Waals surface area contributed by atoms with E-state index in [2.05, 4.69) is 51.1 Å². The normalized spacial score (nSPS) is 13.9.